The van der Waals surface area contributed by atoms with E-state index in [2.05, 4.69) is 6.92 Å². The largest absolute Gasteiger partial charge is 0.395 e. The van der Waals surface area contributed by atoms with Crippen molar-refractivity contribution in [3.8, 4) is 0 Å². The normalized spacial score (nSPS) is 16.0. The van der Waals surface area contributed by atoms with Gasteiger partial charge in [0.25, 0.3) is 0 Å². The highest BCUT2D eigenvalue weighted by Gasteiger charge is 2.24. The number of aliphatic hydroxyl groups excluding tert-OH is 1. The second kappa shape index (κ2) is 14.2. The van der Waals surface area contributed by atoms with E-state index < -0.39 is 11.6 Å². The van der Waals surface area contributed by atoms with Gasteiger partial charge in [0.05, 0.1) is 18.2 Å². The molecule has 0 saturated heterocycles. The first-order valence-corrected chi connectivity index (χ1v) is 9.31. The third kappa shape index (κ3) is 12.2. The van der Waals surface area contributed by atoms with Crippen molar-refractivity contribution in [2.75, 3.05) is 6.61 Å². The smallest absolute Gasteiger partial charge is 0.0972 e. The van der Waals surface area contributed by atoms with Crippen molar-refractivity contribution >= 4 is 0 Å². The summed E-state index contributed by atoms with van der Waals surface area (Å²) in [7, 11) is 0. The maximum atomic E-state index is 9.99. The number of rotatable bonds is 15. The summed E-state index contributed by atoms with van der Waals surface area (Å²) in [4.78, 5) is 0. The van der Waals surface area contributed by atoms with Crippen LogP contribution in [0.3, 0.4) is 0 Å². The van der Waals surface area contributed by atoms with Gasteiger partial charge in [-0.2, -0.15) is 0 Å². The van der Waals surface area contributed by atoms with Crippen LogP contribution in [0.25, 0.3) is 0 Å². The highest BCUT2D eigenvalue weighted by atomic mass is 16.3. The van der Waals surface area contributed by atoms with E-state index in [1.165, 1.54) is 64.2 Å². The van der Waals surface area contributed by atoms with E-state index in [9.17, 15) is 5.11 Å². The highest BCUT2D eigenvalue weighted by Crippen LogP contribution is 2.13. The van der Waals surface area contributed by atoms with Crippen molar-refractivity contribution in [1.29, 1.82) is 0 Å². The maximum Gasteiger partial charge on any atom is 0.0972 e. The second-order valence-electron chi connectivity index (χ2n) is 6.74. The van der Waals surface area contributed by atoms with Crippen molar-refractivity contribution in [1.82, 2.24) is 0 Å². The molecule has 0 aromatic carbocycles. The monoisotopic (exact) mass is 313 g/mol. The van der Waals surface area contributed by atoms with Crippen LogP contribution >= 0.6 is 0 Å². The predicted molar refractivity (Wildman–Crippen MR) is 95.9 cm³/mol. The molecule has 1 unspecified atom stereocenters. The molecule has 0 radical (unpaired) electrons. The predicted octanol–water partition coefficient (Wildman–Crippen LogP) is 4.31. The molecule has 0 amide bonds. The van der Waals surface area contributed by atoms with Crippen LogP contribution in [0.5, 0.6) is 0 Å². The van der Waals surface area contributed by atoms with Crippen LogP contribution in [0, 0.1) is 0 Å². The lowest BCUT2D eigenvalue weighted by molar-refractivity contribution is 0.0560. The molecule has 0 saturated carbocycles. The molecule has 0 bridgehead atoms. The van der Waals surface area contributed by atoms with Crippen LogP contribution in [0.4, 0.5) is 0 Å². The van der Waals surface area contributed by atoms with Crippen LogP contribution in [0.1, 0.15) is 90.9 Å². The Morgan fingerprint density at radius 3 is 1.82 bits per heavy atom. The molecule has 3 nitrogen and oxygen atoms in total. The zero-order chi connectivity index (χ0) is 16.7. The molecule has 4 N–H and O–H groups in total. The molecule has 0 aromatic heterocycles. The van der Waals surface area contributed by atoms with Gasteiger partial charge in [0.1, 0.15) is 0 Å². The van der Waals surface area contributed by atoms with E-state index in [4.69, 9.17) is 10.8 Å². The summed E-state index contributed by atoms with van der Waals surface area (Å²) in [6.07, 6.45) is 19.5. The summed E-state index contributed by atoms with van der Waals surface area (Å²) in [6, 6.07) is -0.610. The molecule has 0 aliphatic heterocycles. The summed E-state index contributed by atoms with van der Waals surface area (Å²) in [5.74, 6) is 0. The molecule has 132 valence electrons. The van der Waals surface area contributed by atoms with Crippen LogP contribution < -0.4 is 5.73 Å². The van der Waals surface area contributed by atoms with Gasteiger partial charge in [-0.3, -0.25) is 0 Å². The first-order chi connectivity index (χ1) is 10.5. The molecular formula is C19H39NO2. The lowest BCUT2D eigenvalue weighted by atomic mass is 9.96. The quantitative estimate of drug-likeness (QED) is 0.312. The Morgan fingerprint density at radius 2 is 1.36 bits per heavy atom. The fraction of sp³-hybridized carbons (Fsp3) is 0.895. The number of hydrogen-bond donors (Lipinski definition) is 3. The lowest BCUT2D eigenvalue weighted by Crippen LogP contribution is -2.46. The Bertz CT molecular complexity index is 264. The second-order valence-corrected chi connectivity index (χ2v) is 6.74. The highest BCUT2D eigenvalue weighted by molar-refractivity contribution is 5.03. The fourth-order valence-electron chi connectivity index (χ4n) is 2.56. The molecule has 2 atom stereocenters. The van der Waals surface area contributed by atoms with Crippen molar-refractivity contribution < 1.29 is 10.2 Å². The van der Waals surface area contributed by atoms with E-state index in [0.717, 1.165) is 12.8 Å². The molecule has 0 aliphatic carbocycles. The maximum absolute atomic E-state index is 9.99. The standard InChI is InChI=1S/C19H39NO2/c1-3-4-5-6-7-8-9-10-11-12-13-14-15-16-19(2,22)18(20)17-21/h15-16,18,21-22H,3-14,17,20H2,1-2H3/b16-15+/t18-,19?/m0/s1. The van der Waals surface area contributed by atoms with Gasteiger partial charge in [-0.15, -0.1) is 0 Å². The summed E-state index contributed by atoms with van der Waals surface area (Å²) < 4.78 is 0. The van der Waals surface area contributed by atoms with E-state index >= 15 is 0 Å². The minimum absolute atomic E-state index is 0.199. The minimum Gasteiger partial charge on any atom is -0.395 e. The van der Waals surface area contributed by atoms with E-state index in [1.54, 1.807) is 13.0 Å². The molecule has 3 heteroatoms. The summed E-state index contributed by atoms with van der Waals surface area (Å²) in [5.41, 5.74) is 4.54. The Balaban J connectivity index is 3.36. The van der Waals surface area contributed by atoms with Gasteiger partial charge in [-0.1, -0.05) is 83.3 Å². The van der Waals surface area contributed by atoms with Gasteiger partial charge >= 0.3 is 0 Å². The van der Waals surface area contributed by atoms with Crippen LogP contribution in [0.15, 0.2) is 12.2 Å². The third-order valence-electron chi connectivity index (χ3n) is 4.38. The van der Waals surface area contributed by atoms with E-state index in [0.29, 0.717) is 0 Å². The summed E-state index contributed by atoms with van der Waals surface area (Å²) >= 11 is 0. The molecule has 0 aromatic rings. The molecule has 0 aliphatic rings. The zero-order valence-corrected chi connectivity index (χ0v) is 14.9. The SMILES string of the molecule is CCCCCCCCCCCCC/C=C/C(C)(O)[C@@H](N)CO. The van der Waals surface area contributed by atoms with Gasteiger partial charge in [-0.25, -0.2) is 0 Å². The number of aliphatic hydroxyl groups is 2. The van der Waals surface area contributed by atoms with Crippen molar-refractivity contribution in [3.05, 3.63) is 12.2 Å². The van der Waals surface area contributed by atoms with Gasteiger partial charge in [-0.05, 0) is 19.8 Å². The van der Waals surface area contributed by atoms with Crippen LogP contribution in [-0.2, 0) is 0 Å². The Kier molecular flexibility index (Phi) is 14.0. The van der Waals surface area contributed by atoms with Gasteiger partial charge in [0.15, 0.2) is 0 Å². The van der Waals surface area contributed by atoms with Gasteiger partial charge in [0.2, 0.25) is 0 Å². The first-order valence-electron chi connectivity index (χ1n) is 9.31. The third-order valence-corrected chi connectivity index (χ3v) is 4.38. The molecule has 0 heterocycles. The average molecular weight is 314 g/mol. The topological polar surface area (TPSA) is 66.5 Å². The summed E-state index contributed by atoms with van der Waals surface area (Å²) in [6.45, 7) is 3.71. The zero-order valence-electron chi connectivity index (χ0n) is 14.9. The molecule has 22 heavy (non-hydrogen) atoms. The molecular weight excluding hydrogens is 274 g/mol. The number of unbranched alkanes of at least 4 members (excludes halogenated alkanes) is 11. The van der Waals surface area contributed by atoms with E-state index in [1.807, 2.05) is 6.08 Å². The Labute approximate surface area is 138 Å². The van der Waals surface area contributed by atoms with Crippen molar-refractivity contribution in [2.45, 2.75) is 103 Å². The van der Waals surface area contributed by atoms with Crippen LogP contribution in [0.2, 0.25) is 0 Å². The molecule has 0 fully saturated rings. The van der Waals surface area contributed by atoms with Gasteiger partial charge < -0.3 is 15.9 Å². The van der Waals surface area contributed by atoms with Crippen LogP contribution in [-0.4, -0.2) is 28.5 Å². The molecule has 0 spiro atoms. The molecule has 0 rings (SSSR count). The first kappa shape index (κ1) is 21.6. The van der Waals surface area contributed by atoms with Gasteiger partial charge in [0, 0.05) is 0 Å². The number of allylic oxidation sites excluding steroid dienone is 1. The number of nitrogens with two attached hydrogens (primary N) is 1. The Hall–Kier alpha value is -0.380. The Morgan fingerprint density at radius 1 is 0.909 bits per heavy atom. The van der Waals surface area contributed by atoms with Crippen molar-refractivity contribution in [3.63, 3.8) is 0 Å². The average Bonchev–Trinajstić information content (AvgIpc) is 2.50. The van der Waals surface area contributed by atoms with E-state index in [-0.39, 0.29) is 6.61 Å². The minimum atomic E-state index is -1.10. The summed E-state index contributed by atoms with van der Waals surface area (Å²) in [5, 5.41) is 18.9. The van der Waals surface area contributed by atoms with Crippen molar-refractivity contribution in [2.24, 2.45) is 5.73 Å². The fourth-order valence-corrected chi connectivity index (χ4v) is 2.56. The number of hydrogen-bond acceptors (Lipinski definition) is 3. The lowest BCUT2D eigenvalue weighted by Gasteiger charge is -2.25.